The Balaban J connectivity index is 0.00000289. The van der Waals surface area contributed by atoms with Gasteiger partial charge in [0, 0.05) is 11.4 Å². The Labute approximate surface area is 112 Å². The molecule has 0 heterocycles. The Kier molecular flexibility index (Phi) is 6.36. The number of halogens is 6. The first-order valence-corrected chi connectivity index (χ1v) is 5.05. The Morgan fingerprint density at radius 3 is 2.33 bits per heavy atom. The fraction of sp³-hybridized carbons (Fsp3) is 0.400. The largest absolute Gasteiger partial charge is 0.403 e. The van der Waals surface area contributed by atoms with E-state index in [9.17, 15) is 22.7 Å². The lowest BCUT2D eigenvalue weighted by Gasteiger charge is -2.19. The lowest BCUT2D eigenvalue weighted by Crippen LogP contribution is -2.38. The van der Waals surface area contributed by atoms with E-state index in [0.29, 0.717) is 0 Å². The van der Waals surface area contributed by atoms with Gasteiger partial charge in [0.2, 0.25) is 0 Å². The number of nitrogens with two attached hydrogens (primary N) is 1. The van der Waals surface area contributed by atoms with Gasteiger partial charge in [-0.3, -0.25) is 0 Å². The van der Waals surface area contributed by atoms with E-state index in [4.69, 9.17) is 17.3 Å². The number of hydrogen-bond acceptors (Lipinski definition) is 2. The Morgan fingerprint density at radius 2 is 1.89 bits per heavy atom. The first kappa shape index (κ1) is 17.4. The minimum atomic E-state index is -4.59. The van der Waals surface area contributed by atoms with Crippen LogP contribution < -0.4 is 5.73 Å². The number of alkyl halides is 3. The molecule has 0 radical (unpaired) electrons. The van der Waals surface area contributed by atoms with Gasteiger partial charge in [0.25, 0.3) is 0 Å². The normalized spacial score (nSPS) is 14.8. The van der Waals surface area contributed by atoms with Crippen LogP contribution in [-0.2, 0) is 0 Å². The molecular formula is C10H11Cl2F4NO. The Morgan fingerprint density at radius 1 is 1.33 bits per heavy atom. The van der Waals surface area contributed by atoms with Crippen LogP contribution in [0.25, 0.3) is 0 Å². The zero-order valence-corrected chi connectivity index (χ0v) is 10.5. The molecule has 1 aromatic rings. The molecule has 0 fully saturated rings. The fourth-order valence-corrected chi connectivity index (χ4v) is 1.57. The molecule has 104 valence electrons. The van der Waals surface area contributed by atoms with Crippen LogP contribution in [-0.4, -0.2) is 17.3 Å². The van der Waals surface area contributed by atoms with Crippen molar-refractivity contribution in [2.45, 2.75) is 24.7 Å². The standard InChI is InChI=1S/C10H10ClF4NO.ClH/c11-7-3-5(12)1-2-6(7)8(17)4-9(16)10(13,14)15;/h1-3,8-9,17H,4,16H2;1H/t8-,9+;/m1./s1. The maximum Gasteiger partial charge on any atom is 0.403 e. The van der Waals surface area contributed by atoms with Crippen molar-refractivity contribution in [3.05, 3.63) is 34.6 Å². The van der Waals surface area contributed by atoms with Crippen LogP contribution in [0.2, 0.25) is 5.02 Å². The van der Waals surface area contributed by atoms with Crippen LogP contribution >= 0.6 is 24.0 Å². The van der Waals surface area contributed by atoms with Crippen molar-refractivity contribution in [1.29, 1.82) is 0 Å². The van der Waals surface area contributed by atoms with E-state index in [1.165, 1.54) is 0 Å². The highest BCUT2D eigenvalue weighted by Crippen LogP contribution is 2.30. The van der Waals surface area contributed by atoms with Crippen molar-refractivity contribution in [1.82, 2.24) is 0 Å². The Bertz CT molecular complexity index is 400. The summed E-state index contributed by atoms with van der Waals surface area (Å²) in [6.07, 6.45) is -6.80. The number of benzene rings is 1. The maximum absolute atomic E-state index is 12.7. The van der Waals surface area contributed by atoms with Crippen LogP contribution in [0, 0.1) is 5.82 Å². The highest BCUT2D eigenvalue weighted by Gasteiger charge is 2.38. The van der Waals surface area contributed by atoms with E-state index < -0.39 is 30.6 Å². The third kappa shape index (κ3) is 4.61. The van der Waals surface area contributed by atoms with Gasteiger partial charge >= 0.3 is 6.18 Å². The van der Waals surface area contributed by atoms with Gasteiger partial charge in [-0.2, -0.15) is 13.2 Å². The van der Waals surface area contributed by atoms with Gasteiger partial charge in [-0.15, -0.1) is 12.4 Å². The van der Waals surface area contributed by atoms with Crippen molar-refractivity contribution < 1.29 is 22.7 Å². The van der Waals surface area contributed by atoms with Crippen molar-refractivity contribution >= 4 is 24.0 Å². The molecule has 0 unspecified atom stereocenters. The van der Waals surface area contributed by atoms with Gasteiger partial charge in [-0.25, -0.2) is 4.39 Å². The van der Waals surface area contributed by atoms with E-state index in [-0.39, 0.29) is 23.0 Å². The fourth-order valence-electron chi connectivity index (χ4n) is 1.27. The first-order valence-electron chi connectivity index (χ1n) is 4.67. The average molecular weight is 308 g/mol. The lowest BCUT2D eigenvalue weighted by atomic mass is 10.0. The quantitative estimate of drug-likeness (QED) is 0.842. The summed E-state index contributed by atoms with van der Waals surface area (Å²) in [5.74, 6) is -0.633. The molecule has 2 atom stereocenters. The second kappa shape index (κ2) is 6.56. The molecule has 0 aliphatic rings. The number of hydrogen-bond donors (Lipinski definition) is 2. The second-order valence-corrected chi connectivity index (χ2v) is 3.97. The molecule has 8 heteroatoms. The second-order valence-electron chi connectivity index (χ2n) is 3.57. The molecule has 0 bridgehead atoms. The van der Waals surface area contributed by atoms with Gasteiger partial charge < -0.3 is 10.8 Å². The van der Waals surface area contributed by atoms with Gasteiger partial charge in [0.1, 0.15) is 11.9 Å². The SMILES string of the molecule is Cl.N[C@@H](C[C@@H](O)c1ccc(F)cc1Cl)C(F)(F)F. The topological polar surface area (TPSA) is 46.2 Å². The third-order valence-electron chi connectivity index (χ3n) is 2.22. The van der Waals surface area contributed by atoms with Gasteiger partial charge in [0.15, 0.2) is 0 Å². The molecule has 0 aliphatic carbocycles. The number of aliphatic hydroxyl groups excluding tert-OH is 1. The van der Waals surface area contributed by atoms with Crippen LogP contribution in [0.3, 0.4) is 0 Å². The van der Waals surface area contributed by atoms with Gasteiger partial charge in [-0.05, 0) is 17.7 Å². The smallest absolute Gasteiger partial charge is 0.388 e. The van der Waals surface area contributed by atoms with Crippen molar-refractivity contribution in [2.24, 2.45) is 5.73 Å². The third-order valence-corrected chi connectivity index (χ3v) is 2.55. The highest BCUT2D eigenvalue weighted by atomic mass is 35.5. The summed E-state index contributed by atoms with van der Waals surface area (Å²) in [7, 11) is 0. The maximum atomic E-state index is 12.7. The summed E-state index contributed by atoms with van der Waals surface area (Å²) in [5, 5.41) is 9.41. The monoisotopic (exact) mass is 307 g/mol. The van der Waals surface area contributed by atoms with Crippen LogP contribution in [0.5, 0.6) is 0 Å². The Hall–Kier alpha value is -0.560. The molecule has 0 saturated carbocycles. The van der Waals surface area contributed by atoms with E-state index in [0.717, 1.165) is 18.2 Å². The van der Waals surface area contributed by atoms with E-state index >= 15 is 0 Å². The molecule has 0 spiro atoms. The minimum Gasteiger partial charge on any atom is -0.388 e. The van der Waals surface area contributed by atoms with E-state index in [1.54, 1.807) is 0 Å². The van der Waals surface area contributed by atoms with Crippen molar-refractivity contribution in [3.8, 4) is 0 Å². The summed E-state index contributed by atoms with van der Waals surface area (Å²) in [6, 6.07) is 0.896. The molecule has 3 N–H and O–H groups in total. The lowest BCUT2D eigenvalue weighted by molar-refractivity contribution is -0.153. The zero-order valence-electron chi connectivity index (χ0n) is 8.92. The molecule has 2 nitrogen and oxygen atoms in total. The van der Waals surface area contributed by atoms with Crippen LogP contribution in [0.4, 0.5) is 17.6 Å². The summed E-state index contributed by atoms with van der Waals surface area (Å²) < 4.78 is 49.2. The summed E-state index contributed by atoms with van der Waals surface area (Å²) in [4.78, 5) is 0. The molecule has 0 saturated heterocycles. The zero-order chi connectivity index (χ0) is 13.2. The molecular weight excluding hydrogens is 297 g/mol. The number of aliphatic hydroxyl groups is 1. The van der Waals surface area contributed by atoms with Crippen molar-refractivity contribution in [2.75, 3.05) is 0 Å². The molecule has 0 aliphatic heterocycles. The van der Waals surface area contributed by atoms with Gasteiger partial charge in [0.05, 0.1) is 6.10 Å². The predicted octanol–water partition coefficient (Wildman–Crippen LogP) is 3.21. The number of rotatable bonds is 3. The minimum absolute atomic E-state index is 0. The summed E-state index contributed by atoms with van der Waals surface area (Å²) in [5.41, 5.74) is 4.89. The average Bonchev–Trinajstić information content (AvgIpc) is 2.15. The van der Waals surface area contributed by atoms with Crippen LogP contribution in [0.1, 0.15) is 18.1 Å². The summed E-state index contributed by atoms with van der Waals surface area (Å²) >= 11 is 5.60. The molecule has 18 heavy (non-hydrogen) atoms. The van der Waals surface area contributed by atoms with E-state index in [2.05, 4.69) is 0 Å². The highest BCUT2D eigenvalue weighted by molar-refractivity contribution is 6.31. The molecule has 0 amide bonds. The molecule has 0 aromatic heterocycles. The molecule has 1 aromatic carbocycles. The predicted molar refractivity (Wildman–Crippen MR) is 62.3 cm³/mol. The molecule has 1 rings (SSSR count). The van der Waals surface area contributed by atoms with E-state index in [1.807, 2.05) is 0 Å². The van der Waals surface area contributed by atoms with Crippen LogP contribution in [0.15, 0.2) is 18.2 Å². The summed E-state index contributed by atoms with van der Waals surface area (Å²) in [6.45, 7) is 0. The van der Waals surface area contributed by atoms with Gasteiger partial charge in [-0.1, -0.05) is 17.7 Å². The van der Waals surface area contributed by atoms with Crippen molar-refractivity contribution in [3.63, 3.8) is 0 Å². The first-order chi connectivity index (χ1) is 7.71.